The highest BCUT2D eigenvalue weighted by Gasteiger charge is 2.24. The molecule has 3 N–H and O–H groups in total. The molecular formula is C11H22N2O. The van der Waals surface area contributed by atoms with Crippen LogP contribution < -0.4 is 11.1 Å². The summed E-state index contributed by atoms with van der Waals surface area (Å²) >= 11 is 0. The van der Waals surface area contributed by atoms with Gasteiger partial charge in [0.1, 0.15) is 0 Å². The summed E-state index contributed by atoms with van der Waals surface area (Å²) in [7, 11) is 0. The highest BCUT2D eigenvalue weighted by Crippen LogP contribution is 2.23. The van der Waals surface area contributed by atoms with E-state index in [4.69, 9.17) is 5.73 Å². The first-order valence-corrected chi connectivity index (χ1v) is 5.63. The van der Waals surface area contributed by atoms with Crippen molar-refractivity contribution in [2.45, 2.75) is 45.6 Å². The van der Waals surface area contributed by atoms with E-state index in [0.717, 1.165) is 32.2 Å². The second kappa shape index (κ2) is 5.35. The maximum absolute atomic E-state index is 11.7. The van der Waals surface area contributed by atoms with Crippen LogP contribution in [-0.2, 0) is 4.79 Å². The monoisotopic (exact) mass is 198 g/mol. The minimum Gasteiger partial charge on any atom is -0.356 e. The normalized spacial score (nSPS) is 27.7. The Hall–Kier alpha value is -0.570. The van der Waals surface area contributed by atoms with Crippen molar-refractivity contribution in [3.8, 4) is 0 Å². The molecule has 1 rings (SSSR count). The summed E-state index contributed by atoms with van der Waals surface area (Å²) in [5, 5.41) is 2.98. The first-order chi connectivity index (χ1) is 6.59. The van der Waals surface area contributed by atoms with Gasteiger partial charge in [-0.2, -0.15) is 0 Å². The molecule has 3 heteroatoms. The summed E-state index contributed by atoms with van der Waals surface area (Å²) in [5.74, 6) is 0.891. The molecule has 0 spiro atoms. The number of nitrogens with two attached hydrogens (primary N) is 1. The maximum atomic E-state index is 11.7. The Labute approximate surface area is 86.4 Å². The number of amides is 1. The Morgan fingerprint density at radius 3 is 2.79 bits per heavy atom. The molecule has 82 valence electrons. The quantitative estimate of drug-likeness (QED) is 0.717. The van der Waals surface area contributed by atoms with Gasteiger partial charge in [-0.05, 0) is 25.2 Å². The zero-order valence-electron chi connectivity index (χ0n) is 9.25. The average molecular weight is 198 g/mol. The lowest BCUT2D eigenvalue weighted by Gasteiger charge is -2.25. The van der Waals surface area contributed by atoms with Gasteiger partial charge in [0.2, 0.25) is 5.91 Å². The zero-order chi connectivity index (χ0) is 10.6. The van der Waals surface area contributed by atoms with E-state index in [1.807, 2.05) is 0 Å². The first kappa shape index (κ1) is 11.5. The standard InChI is InChI=1S/C11H22N2O/c1-8(2)7-13-11(14)9-4-3-5-10(12)6-9/h8-10H,3-7,12H2,1-2H3,(H,13,14). The van der Waals surface area contributed by atoms with E-state index in [9.17, 15) is 4.79 Å². The van der Waals surface area contributed by atoms with Crippen LogP contribution in [0.15, 0.2) is 0 Å². The fourth-order valence-corrected chi connectivity index (χ4v) is 1.91. The summed E-state index contributed by atoms with van der Waals surface area (Å²) < 4.78 is 0. The fraction of sp³-hybridized carbons (Fsp3) is 0.909. The van der Waals surface area contributed by atoms with E-state index in [-0.39, 0.29) is 17.9 Å². The zero-order valence-corrected chi connectivity index (χ0v) is 9.25. The van der Waals surface area contributed by atoms with Crippen LogP contribution in [-0.4, -0.2) is 18.5 Å². The van der Waals surface area contributed by atoms with Crippen molar-refractivity contribution in [2.24, 2.45) is 17.6 Å². The summed E-state index contributed by atoms with van der Waals surface area (Å²) in [6.45, 7) is 4.99. The molecule has 1 fully saturated rings. The van der Waals surface area contributed by atoms with Gasteiger partial charge >= 0.3 is 0 Å². The lowest BCUT2D eigenvalue weighted by Crippen LogP contribution is -2.38. The third kappa shape index (κ3) is 3.66. The molecule has 1 amide bonds. The molecule has 14 heavy (non-hydrogen) atoms. The van der Waals surface area contributed by atoms with Crippen molar-refractivity contribution in [1.29, 1.82) is 0 Å². The number of rotatable bonds is 3. The van der Waals surface area contributed by atoms with Gasteiger partial charge in [-0.15, -0.1) is 0 Å². The smallest absolute Gasteiger partial charge is 0.223 e. The molecule has 0 aromatic carbocycles. The Morgan fingerprint density at radius 1 is 1.50 bits per heavy atom. The van der Waals surface area contributed by atoms with Gasteiger partial charge in [0.25, 0.3) is 0 Å². The third-order valence-corrected chi connectivity index (χ3v) is 2.77. The predicted molar refractivity (Wildman–Crippen MR) is 57.8 cm³/mol. The van der Waals surface area contributed by atoms with Gasteiger partial charge in [-0.3, -0.25) is 4.79 Å². The number of hydrogen-bond acceptors (Lipinski definition) is 2. The molecule has 0 radical (unpaired) electrons. The van der Waals surface area contributed by atoms with Crippen molar-refractivity contribution in [3.63, 3.8) is 0 Å². The van der Waals surface area contributed by atoms with Crippen LogP contribution in [0.3, 0.4) is 0 Å². The van der Waals surface area contributed by atoms with Gasteiger partial charge in [-0.25, -0.2) is 0 Å². The van der Waals surface area contributed by atoms with Gasteiger partial charge in [0.15, 0.2) is 0 Å². The number of nitrogens with one attached hydrogen (secondary N) is 1. The van der Waals surface area contributed by atoms with Crippen LogP contribution >= 0.6 is 0 Å². The molecule has 1 aliphatic rings. The highest BCUT2D eigenvalue weighted by atomic mass is 16.1. The molecule has 0 heterocycles. The largest absolute Gasteiger partial charge is 0.356 e. The summed E-state index contributed by atoms with van der Waals surface area (Å²) in [6, 6.07) is 0.235. The number of carbonyl (C=O) groups excluding carboxylic acids is 1. The molecule has 3 nitrogen and oxygen atoms in total. The molecule has 1 aliphatic carbocycles. The van der Waals surface area contributed by atoms with Crippen LogP contribution in [0.25, 0.3) is 0 Å². The minimum absolute atomic E-state index is 0.164. The number of hydrogen-bond donors (Lipinski definition) is 2. The second-order valence-electron chi connectivity index (χ2n) is 4.76. The first-order valence-electron chi connectivity index (χ1n) is 5.63. The van der Waals surface area contributed by atoms with Crippen LogP contribution in [0.5, 0.6) is 0 Å². The molecule has 0 saturated heterocycles. The molecule has 0 bridgehead atoms. The lowest BCUT2D eigenvalue weighted by molar-refractivity contribution is -0.126. The lowest BCUT2D eigenvalue weighted by atomic mass is 9.85. The summed E-state index contributed by atoms with van der Waals surface area (Å²) in [5.41, 5.74) is 5.84. The Balaban J connectivity index is 2.29. The molecule has 0 aromatic rings. The summed E-state index contributed by atoms with van der Waals surface area (Å²) in [4.78, 5) is 11.7. The van der Waals surface area contributed by atoms with Crippen molar-refractivity contribution in [1.82, 2.24) is 5.32 Å². The predicted octanol–water partition coefficient (Wildman–Crippen LogP) is 1.28. The van der Waals surface area contributed by atoms with Crippen LogP contribution in [0.4, 0.5) is 0 Å². The van der Waals surface area contributed by atoms with Gasteiger partial charge < -0.3 is 11.1 Å². The Kier molecular flexibility index (Phi) is 4.39. The summed E-state index contributed by atoms with van der Waals surface area (Å²) in [6.07, 6.45) is 4.05. The third-order valence-electron chi connectivity index (χ3n) is 2.77. The van der Waals surface area contributed by atoms with E-state index >= 15 is 0 Å². The molecule has 0 aromatic heterocycles. The van der Waals surface area contributed by atoms with Crippen molar-refractivity contribution >= 4 is 5.91 Å². The van der Waals surface area contributed by atoms with E-state index in [1.165, 1.54) is 0 Å². The maximum Gasteiger partial charge on any atom is 0.223 e. The minimum atomic E-state index is 0.164. The molecular weight excluding hydrogens is 176 g/mol. The van der Waals surface area contributed by atoms with E-state index < -0.39 is 0 Å². The SMILES string of the molecule is CC(C)CNC(=O)C1CCCC(N)C1. The van der Waals surface area contributed by atoms with E-state index in [2.05, 4.69) is 19.2 Å². The van der Waals surface area contributed by atoms with Crippen molar-refractivity contribution in [2.75, 3.05) is 6.54 Å². The molecule has 2 unspecified atom stereocenters. The Bertz CT molecular complexity index is 192. The topological polar surface area (TPSA) is 55.1 Å². The van der Waals surface area contributed by atoms with Crippen LogP contribution in [0.1, 0.15) is 39.5 Å². The molecule has 2 atom stereocenters. The van der Waals surface area contributed by atoms with Crippen LogP contribution in [0, 0.1) is 11.8 Å². The van der Waals surface area contributed by atoms with Crippen LogP contribution in [0.2, 0.25) is 0 Å². The van der Waals surface area contributed by atoms with Crippen molar-refractivity contribution < 1.29 is 4.79 Å². The second-order valence-corrected chi connectivity index (χ2v) is 4.76. The van der Waals surface area contributed by atoms with E-state index in [1.54, 1.807) is 0 Å². The average Bonchev–Trinajstić information content (AvgIpc) is 2.14. The van der Waals surface area contributed by atoms with E-state index in [0.29, 0.717) is 5.92 Å². The molecule has 0 aliphatic heterocycles. The fourth-order valence-electron chi connectivity index (χ4n) is 1.91. The van der Waals surface area contributed by atoms with Gasteiger partial charge in [0, 0.05) is 18.5 Å². The highest BCUT2D eigenvalue weighted by molar-refractivity contribution is 5.78. The van der Waals surface area contributed by atoms with Gasteiger partial charge in [-0.1, -0.05) is 20.3 Å². The Morgan fingerprint density at radius 2 is 2.21 bits per heavy atom. The molecule has 1 saturated carbocycles. The van der Waals surface area contributed by atoms with Crippen molar-refractivity contribution in [3.05, 3.63) is 0 Å². The number of carbonyl (C=O) groups is 1. The van der Waals surface area contributed by atoms with Gasteiger partial charge in [0.05, 0.1) is 0 Å².